The van der Waals surface area contributed by atoms with Crippen molar-refractivity contribution in [2.75, 3.05) is 0 Å². The Kier molecular flexibility index (Phi) is 4.45. The van der Waals surface area contributed by atoms with Gasteiger partial charge in [-0.15, -0.1) is 0 Å². The Morgan fingerprint density at radius 1 is 1.30 bits per heavy atom. The number of halogens is 1. The van der Waals surface area contributed by atoms with Gasteiger partial charge in [0, 0.05) is 30.4 Å². The summed E-state index contributed by atoms with van der Waals surface area (Å²) in [6.45, 7) is 3.74. The lowest BCUT2D eigenvalue weighted by Gasteiger charge is -2.20. The number of nitrogens with one attached hydrogen (secondary N) is 1. The molecule has 2 aromatic rings. The molecule has 0 aliphatic heterocycles. The number of amides is 1. The Labute approximate surface area is 123 Å². The average molecular weight is 292 g/mol. The first kappa shape index (κ1) is 14.6. The number of rotatable bonds is 4. The summed E-state index contributed by atoms with van der Waals surface area (Å²) >= 11 is 5.92. The third-order valence-electron chi connectivity index (χ3n) is 3.13. The van der Waals surface area contributed by atoms with Crippen LogP contribution in [0, 0.1) is 5.92 Å². The zero-order valence-electron chi connectivity index (χ0n) is 11.8. The summed E-state index contributed by atoms with van der Waals surface area (Å²) in [6.07, 6.45) is 3.58. The molecule has 1 heterocycles. The highest BCUT2D eigenvalue weighted by Gasteiger charge is 2.21. The fourth-order valence-corrected chi connectivity index (χ4v) is 2.04. The van der Waals surface area contributed by atoms with Gasteiger partial charge in [0.1, 0.15) is 11.9 Å². The SMILES string of the molecule is CC(C)C(=O)NC(c1ccc(Cl)cc1)c1nccn1C. The monoisotopic (exact) mass is 291 g/mol. The predicted molar refractivity (Wildman–Crippen MR) is 79.5 cm³/mol. The summed E-state index contributed by atoms with van der Waals surface area (Å²) in [5.41, 5.74) is 0.956. The summed E-state index contributed by atoms with van der Waals surface area (Å²) in [6, 6.07) is 7.16. The second-order valence-corrected chi connectivity index (χ2v) is 5.48. The van der Waals surface area contributed by atoms with Crippen molar-refractivity contribution in [2.24, 2.45) is 13.0 Å². The number of imidazole rings is 1. The molecule has 0 aliphatic rings. The Balaban J connectivity index is 2.36. The van der Waals surface area contributed by atoms with Crippen molar-refractivity contribution in [3.8, 4) is 0 Å². The first-order chi connectivity index (χ1) is 9.49. The zero-order valence-corrected chi connectivity index (χ0v) is 12.6. The molecule has 1 aromatic carbocycles. The highest BCUT2D eigenvalue weighted by molar-refractivity contribution is 6.30. The molecule has 0 saturated heterocycles. The van der Waals surface area contributed by atoms with Gasteiger partial charge in [0.05, 0.1) is 0 Å². The lowest BCUT2D eigenvalue weighted by atomic mass is 10.0. The number of carbonyl (C=O) groups is 1. The molecule has 1 atom stereocenters. The van der Waals surface area contributed by atoms with E-state index >= 15 is 0 Å². The minimum absolute atomic E-state index is 0.00653. The van der Waals surface area contributed by atoms with Gasteiger partial charge in [-0.3, -0.25) is 4.79 Å². The molecule has 0 radical (unpaired) electrons. The number of nitrogens with zero attached hydrogens (tertiary/aromatic N) is 2. The van der Waals surface area contributed by atoms with Gasteiger partial charge in [-0.25, -0.2) is 4.98 Å². The molecule has 0 aliphatic carbocycles. The van der Waals surface area contributed by atoms with Gasteiger partial charge in [0.2, 0.25) is 5.91 Å². The molecule has 20 heavy (non-hydrogen) atoms. The lowest BCUT2D eigenvalue weighted by Crippen LogP contribution is -2.33. The van der Waals surface area contributed by atoms with E-state index in [4.69, 9.17) is 11.6 Å². The van der Waals surface area contributed by atoms with Gasteiger partial charge in [-0.05, 0) is 17.7 Å². The van der Waals surface area contributed by atoms with Crippen LogP contribution in [0.2, 0.25) is 5.02 Å². The van der Waals surface area contributed by atoms with Crippen molar-refractivity contribution >= 4 is 17.5 Å². The summed E-state index contributed by atoms with van der Waals surface area (Å²) in [5, 5.41) is 3.70. The van der Waals surface area contributed by atoms with Crippen LogP contribution in [0.4, 0.5) is 0 Å². The summed E-state index contributed by atoms with van der Waals surface area (Å²) in [5.74, 6) is 0.708. The van der Waals surface area contributed by atoms with E-state index < -0.39 is 0 Å². The predicted octanol–water partition coefficient (Wildman–Crippen LogP) is 2.94. The average Bonchev–Trinajstić information content (AvgIpc) is 2.83. The van der Waals surface area contributed by atoms with Crippen molar-refractivity contribution < 1.29 is 4.79 Å². The Bertz CT molecular complexity index is 589. The molecule has 0 fully saturated rings. The van der Waals surface area contributed by atoms with Crippen molar-refractivity contribution in [2.45, 2.75) is 19.9 Å². The molecule has 0 spiro atoms. The number of hydrogen-bond acceptors (Lipinski definition) is 2. The zero-order chi connectivity index (χ0) is 14.7. The van der Waals surface area contributed by atoms with Crippen molar-refractivity contribution in [1.82, 2.24) is 14.9 Å². The van der Waals surface area contributed by atoms with Crippen LogP contribution >= 0.6 is 11.6 Å². The van der Waals surface area contributed by atoms with Gasteiger partial charge >= 0.3 is 0 Å². The number of benzene rings is 1. The quantitative estimate of drug-likeness (QED) is 0.941. The van der Waals surface area contributed by atoms with Crippen LogP contribution in [-0.4, -0.2) is 15.5 Å². The molecule has 106 valence electrons. The normalized spacial score (nSPS) is 12.4. The third-order valence-corrected chi connectivity index (χ3v) is 3.38. The van der Waals surface area contributed by atoms with E-state index in [0.717, 1.165) is 11.4 Å². The minimum atomic E-state index is -0.276. The van der Waals surface area contributed by atoms with E-state index in [-0.39, 0.29) is 17.9 Å². The van der Waals surface area contributed by atoms with Gasteiger partial charge in [-0.2, -0.15) is 0 Å². The molecule has 4 nitrogen and oxygen atoms in total. The second-order valence-electron chi connectivity index (χ2n) is 5.04. The molecule has 1 amide bonds. The number of aryl methyl sites for hydroxylation is 1. The van der Waals surface area contributed by atoms with Gasteiger partial charge < -0.3 is 9.88 Å². The number of hydrogen-bond donors (Lipinski definition) is 1. The maximum atomic E-state index is 12.0. The van der Waals surface area contributed by atoms with Crippen LogP contribution in [0.1, 0.15) is 31.3 Å². The first-order valence-corrected chi connectivity index (χ1v) is 6.90. The fourth-order valence-electron chi connectivity index (χ4n) is 1.92. The molecular formula is C15H18ClN3O. The molecule has 0 bridgehead atoms. The van der Waals surface area contributed by atoms with Crippen LogP contribution in [0.3, 0.4) is 0 Å². The molecule has 1 aromatic heterocycles. The summed E-state index contributed by atoms with van der Waals surface area (Å²) in [4.78, 5) is 16.4. The molecule has 5 heteroatoms. The van der Waals surface area contributed by atoms with Crippen molar-refractivity contribution in [3.05, 3.63) is 53.1 Å². The summed E-state index contributed by atoms with van der Waals surface area (Å²) in [7, 11) is 1.91. The molecule has 0 saturated carbocycles. The molecule has 2 rings (SSSR count). The highest BCUT2D eigenvalue weighted by Crippen LogP contribution is 2.22. The van der Waals surface area contributed by atoms with Crippen molar-refractivity contribution in [3.63, 3.8) is 0 Å². The first-order valence-electron chi connectivity index (χ1n) is 6.52. The van der Waals surface area contributed by atoms with Crippen LogP contribution in [0.25, 0.3) is 0 Å². The second kappa shape index (κ2) is 6.09. The maximum Gasteiger partial charge on any atom is 0.223 e. The Morgan fingerprint density at radius 3 is 2.45 bits per heavy atom. The van der Waals surface area contributed by atoms with Gasteiger partial charge in [-0.1, -0.05) is 37.6 Å². The van der Waals surface area contributed by atoms with E-state index in [1.165, 1.54) is 0 Å². The van der Waals surface area contributed by atoms with Crippen LogP contribution < -0.4 is 5.32 Å². The maximum absolute atomic E-state index is 12.0. The highest BCUT2D eigenvalue weighted by atomic mass is 35.5. The number of carbonyl (C=O) groups excluding carboxylic acids is 1. The van der Waals surface area contributed by atoms with Crippen LogP contribution in [-0.2, 0) is 11.8 Å². The van der Waals surface area contributed by atoms with Crippen molar-refractivity contribution in [1.29, 1.82) is 0 Å². The van der Waals surface area contributed by atoms with Crippen LogP contribution in [0.15, 0.2) is 36.7 Å². The molecule has 1 unspecified atom stereocenters. The van der Waals surface area contributed by atoms with Gasteiger partial charge in [0.15, 0.2) is 0 Å². The standard InChI is InChI=1S/C15H18ClN3O/c1-10(2)15(20)18-13(14-17-8-9-19(14)3)11-4-6-12(16)7-5-11/h4-10,13H,1-3H3,(H,18,20). The number of aromatic nitrogens is 2. The molecule has 1 N–H and O–H groups in total. The smallest absolute Gasteiger partial charge is 0.223 e. The van der Waals surface area contributed by atoms with E-state index in [0.29, 0.717) is 5.02 Å². The largest absolute Gasteiger partial charge is 0.342 e. The Hall–Kier alpha value is -1.81. The third kappa shape index (κ3) is 3.20. The minimum Gasteiger partial charge on any atom is -0.342 e. The summed E-state index contributed by atoms with van der Waals surface area (Å²) < 4.78 is 1.90. The molecular weight excluding hydrogens is 274 g/mol. The lowest BCUT2D eigenvalue weighted by molar-refractivity contribution is -0.124. The van der Waals surface area contributed by atoms with E-state index in [9.17, 15) is 4.79 Å². The van der Waals surface area contributed by atoms with E-state index in [1.807, 2.05) is 55.9 Å². The van der Waals surface area contributed by atoms with E-state index in [2.05, 4.69) is 10.3 Å². The van der Waals surface area contributed by atoms with Crippen LogP contribution in [0.5, 0.6) is 0 Å². The Morgan fingerprint density at radius 2 is 1.95 bits per heavy atom. The van der Waals surface area contributed by atoms with E-state index in [1.54, 1.807) is 6.20 Å². The fraction of sp³-hybridized carbons (Fsp3) is 0.333. The van der Waals surface area contributed by atoms with Gasteiger partial charge in [0.25, 0.3) is 0 Å². The topological polar surface area (TPSA) is 46.9 Å².